The van der Waals surface area contributed by atoms with Crippen molar-refractivity contribution < 1.29 is 17.4 Å². The third kappa shape index (κ3) is 9.33. The van der Waals surface area contributed by atoms with Crippen molar-refractivity contribution in [2.24, 2.45) is 0 Å². The Hall–Kier alpha value is 0.564. The second-order valence-corrected chi connectivity index (χ2v) is 14.0. The predicted octanol–water partition coefficient (Wildman–Crippen LogP) is 4.82. The van der Waals surface area contributed by atoms with Gasteiger partial charge in [0.05, 0.1) is 0 Å². The smallest absolute Gasteiger partial charge is 0.380 e. The first-order valence-corrected chi connectivity index (χ1v) is 13.5. The summed E-state index contributed by atoms with van der Waals surface area (Å²) in [4.78, 5) is 0. The Morgan fingerprint density at radius 3 is 1.24 bits per heavy atom. The van der Waals surface area contributed by atoms with Crippen LogP contribution in [0.5, 0.6) is 0 Å². The van der Waals surface area contributed by atoms with Crippen LogP contribution in [0.4, 0.5) is 0 Å². The molecule has 21 heavy (non-hydrogen) atoms. The van der Waals surface area contributed by atoms with E-state index >= 15 is 0 Å². The van der Waals surface area contributed by atoms with Crippen LogP contribution in [0.25, 0.3) is 0 Å². The van der Waals surface area contributed by atoms with Crippen LogP contribution < -0.4 is 0 Å². The second-order valence-electron chi connectivity index (χ2n) is 5.98. The first kappa shape index (κ1) is 21.6. The van der Waals surface area contributed by atoms with E-state index in [0.717, 1.165) is 19.3 Å². The van der Waals surface area contributed by atoms with Gasteiger partial charge in [-0.05, 0) is 53.1 Å². The highest BCUT2D eigenvalue weighted by molar-refractivity contribution is 7.17. The van der Waals surface area contributed by atoms with E-state index in [1.165, 1.54) is 0 Å². The zero-order valence-corrected chi connectivity index (χ0v) is 17.6. The van der Waals surface area contributed by atoms with E-state index in [2.05, 4.69) is 20.8 Å². The molecule has 4 nitrogen and oxygen atoms in total. The molecule has 0 heterocycles. The molecule has 0 saturated carbocycles. The van der Waals surface area contributed by atoms with Crippen molar-refractivity contribution in [1.29, 1.82) is 0 Å². The van der Waals surface area contributed by atoms with Crippen LogP contribution in [-0.4, -0.2) is 35.0 Å². The van der Waals surface area contributed by atoms with E-state index in [4.69, 9.17) is 28.5 Å². The fourth-order valence-corrected chi connectivity index (χ4v) is 7.39. The molecule has 0 aliphatic rings. The molecule has 0 aromatic heterocycles. The van der Waals surface area contributed by atoms with Crippen LogP contribution in [0.2, 0.25) is 13.1 Å². The fourth-order valence-electron chi connectivity index (χ4n) is 1.44. The van der Waals surface area contributed by atoms with Gasteiger partial charge in [-0.1, -0.05) is 20.8 Å². The summed E-state index contributed by atoms with van der Waals surface area (Å²) in [5.74, 6) is 0. The number of rotatable bonds is 11. The lowest BCUT2D eigenvalue weighted by molar-refractivity contribution is -0.0588. The largest absolute Gasteiger partial charge is 0.670 e. The number of halogens is 1. The third-order valence-corrected chi connectivity index (χ3v) is 8.84. The summed E-state index contributed by atoms with van der Waals surface area (Å²) in [5, 5.41) is 0. The minimum Gasteiger partial charge on any atom is -0.380 e. The Morgan fingerprint density at radius 2 is 1.05 bits per heavy atom. The second kappa shape index (κ2) is 9.65. The van der Waals surface area contributed by atoms with Gasteiger partial charge >= 0.3 is 9.05 Å². The molecule has 128 valence electrons. The molecule has 0 spiro atoms. The monoisotopic (exact) mass is 356 g/mol. The average molecular weight is 357 g/mol. The molecule has 0 aliphatic heterocycles. The van der Waals surface area contributed by atoms with Gasteiger partial charge in [0.25, 0.3) is 7.63 Å². The molecule has 0 aliphatic carbocycles. The molecule has 3 atom stereocenters. The van der Waals surface area contributed by atoms with Crippen LogP contribution in [-0.2, 0) is 17.4 Å². The van der Waals surface area contributed by atoms with E-state index in [9.17, 15) is 0 Å². The molecule has 0 saturated heterocycles. The van der Waals surface area contributed by atoms with Crippen molar-refractivity contribution in [3.8, 4) is 0 Å². The molecule has 7 heteroatoms. The maximum absolute atomic E-state index is 6.41. The standard InChI is InChI=1S/C14H33ClO4Si2/c1-9-12(4)16-21(17-13(5)10-2,18-14(6)11-3)19-20(7,8)15/h12-14H,9-11H2,1-8H3. The summed E-state index contributed by atoms with van der Waals surface area (Å²) in [7, 11) is -5.63. The van der Waals surface area contributed by atoms with Crippen molar-refractivity contribution in [3.63, 3.8) is 0 Å². The van der Waals surface area contributed by atoms with Gasteiger partial charge in [-0.2, -0.15) is 0 Å². The molecule has 0 aromatic carbocycles. The Bertz CT molecular complexity index is 255. The van der Waals surface area contributed by atoms with Gasteiger partial charge in [-0.25, -0.2) is 0 Å². The van der Waals surface area contributed by atoms with Crippen molar-refractivity contribution in [1.82, 2.24) is 0 Å². The molecule has 0 radical (unpaired) electrons. The first-order chi connectivity index (χ1) is 9.57. The van der Waals surface area contributed by atoms with Gasteiger partial charge in [0.15, 0.2) is 0 Å². The average Bonchev–Trinajstić information content (AvgIpc) is 2.35. The Morgan fingerprint density at radius 1 is 0.762 bits per heavy atom. The molecule has 0 aromatic rings. The molecular formula is C14H33ClO4Si2. The van der Waals surface area contributed by atoms with Gasteiger partial charge in [0.2, 0.25) is 0 Å². The summed E-state index contributed by atoms with van der Waals surface area (Å²) < 4.78 is 24.5. The highest BCUT2D eigenvalue weighted by atomic mass is 35.6. The van der Waals surface area contributed by atoms with Crippen molar-refractivity contribution >= 4 is 27.8 Å². The highest BCUT2D eigenvalue weighted by Gasteiger charge is 2.52. The lowest BCUT2D eigenvalue weighted by atomic mass is 10.3. The molecule has 0 N–H and O–H groups in total. The SMILES string of the molecule is CCC(C)O[Si](OC(C)CC)(OC(C)CC)O[Si](C)(C)Cl. The number of hydrogen-bond acceptors (Lipinski definition) is 4. The van der Waals surface area contributed by atoms with Gasteiger partial charge in [-0.3, -0.25) is 0 Å². The zero-order valence-electron chi connectivity index (χ0n) is 14.9. The van der Waals surface area contributed by atoms with Crippen LogP contribution >= 0.6 is 11.1 Å². The summed E-state index contributed by atoms with van der Waals surface area (Å²) >= 11 is 6.41. The maximum atomic E-state index is 6.41. The molecule has 0 rings (SSSR count). The minimum atomic E-state index is -3.25. The molecule has 0 bridgehead atoms. The van der Waals surface area contributed by atoms with Crippen LogP contribution in [0.15, 0.2) is 0 Å². The normalized spacial score (nSPS) is 19.9. The fraction of sp³-hybridized carbons (Fsp3) is 1.00. The zero-order chi connectivity index (χ0) is 16.7. The Kier molecular flexibility index (Phi) is 9.91. The highest BCUT2D eigenvalue weighted by Crippen LogP contribution is 2.27. The quantitative estimate of drug-likeness (QED) is 0.392. The van der Waals surface area contributed by atoms with E-state index in [0.29, 0.717) is 0 Å². The lowest BCUT2D eigenvalue weighted by Gasteiger charge is -2.37. The Balaban J connectivity index is 5.34. The van der Waals surface area contributed by atoms with Crippen LogP contribution in [0, 0.1) is 0 Å². The van der Waals surface area contributed by atoms with E-state index in [1.54, 1.807) is 0 Å². The lowest BCUT2D eigenvalue weighted by Crippen LogP contribution is -2.58. The molecular weight excluding hydrogens is 324 g/mol. The van der Waals surface area contributed by atoms with E-state index in [1.807, 2.05) is 33.9 Å². The van der Waals surface area contributed by atoms with Crippen molar-refractivity contribution in [2.75, 3.05) is 0 Å². The summed E-state index contributed by atoms with van der Waals surface area (Å²) in [6, 6.07) is 0. The molecule has 3 unspecified atom stereocenters. The topological polar surface area (TPSA) is 36.9 Å². The third-order valence-electron chi connectivity index (χ3n) is 3.13. The van der Waals surface area contributed by atoms with Gasteiger partial charge in [0, 0.05) is 18.3 Å². The maximum Gasteiger partial charge on any atom is 0.670 e. The first-order valence-electron chi connectivity index (χ1n) is 7.99. The summed E-state index contributed by atoms with van der Waals surface area (Å²) in [6.45, 7) is 16.1. The van der Waals surface area contributed by atoms with Gasteiger partial charge in [0.1, 0.15) is 0 Å². The van der Waals surface area contributed by atoms with Crippen LogP contribution in [0.1, 0.15) is 60.8 Å². The molecule has 0 amide bonds. The van der Waals surface area contributed by atoms with E-state index in [-0.39, 0.29) is 18.3 Å². The van der Waals surface area contributed by atoms with Crippen LogP contribution in [0.3, 0.4) is 0 Å². The summed E-state index contributed by atoms with van der Waals surface area (Å²) in [5.41, 5.74) is 0. The Labute approximate surface area is 137 Å². The van der Waals surface area contributed by atoms with Gasteiger partial charge in [-0.15, -0.1) is 11.1 Å². The van der Waals surface area contributed by atoms with Gasteiger partial charge < -0.3 is 17.4 Å². The summed E-state index contributed by atoms with van der Waals surface area (Å²) in [6.07, 6.45) is 2.65. The number of hydrogen-bond donors (Lipinski definition) is 0. The van der Waals surface area contributed by atoms with Crippen molar-refractivity contribution in [3.05, 3.63) is 0 Å². The molecule has 0 fully saturated rings. The predicted molar refractivity (Wildman–Crippen MR) is 92.7 cm³/mol. The van der Waals surface area contributed by atoms with E-state index < -0.39 is 16.7 Å². The minimum absolute atomic E-state index is 0.0118. The van der Waals surface area contributed by atoms with Crippen molar-refractivity contribution in [2.45, 2.75) is 92.2 Å².